The number of amides is 2. The number of hydrogen-bond acceptors (Lipinski definition) is 5. The minimum Gasteiger partial charge on any atom is -0.497 e. The summed E-state index contributed by atoms with van der Waals surface area (Å²) in [7, 11) is 3.17. The van der Waals surface area contributed by atoms with Crippen LogP contribution in [0.2, 0.25) is 0 Å². The Hall–Kier alpha value is -2.28. The second-order valence-corrected chi connectivity index (χ2v) is 8.73. The van der Waals surface area contributed by atoms with Gasteiger partial charge in [0.2, 0.25) is 11.8 Å². The number of likely N-dealkylation sites (tertiary alicyclic amines) is 2. The number of benzene rings is 1. The van der Waals surface area contributed by atoms with Gasteiger partial charge in [-0.1, -0.05) is 12.8 Å². The number of nitrogens with zero attached hydrogens (tertiary/aromatic N) is 2. The second-order valence-electron chi connectivity index (χ2n) is 8.73. The van der Waals surface area contributed by atoms with Crippen LogP contribution in [-0.4, -0.2) is 68.6 Å². The predicted octanol–water partition coefficient (Wildman–Crippen LogP) is 3.54. The zero-order valence-electron chi connectivity index (χ0n) is 19.0. The van der Waals surface area contributed by atoms with Crippen molar-refractivity contribution in [2.75, 3.05) is 52.3 Å². The lowest BCUT2D eigenvalue weighted by atomic mass is 9.93. The van der Waals surface area contributed by atoms with Gasteiger partial charge in [0, 0.05) is 43.4 Å². The zero-order valence-corrected chi connectivity index (χ0v) is 19.0. The summed E-state index contributed by atoms with van der Waals surface area (Å²) in [5, 5.41) is 2.94. The van der Waals surface area contributed by atoms with Crippen LogP contribution in [0.1, 0.15) is 51.4 Å². The highest BCUT2D eigenvalue weighted by Crippen LogP contribution is 2.26. The van der Waals surface area contributed by atoms with Crippen LogP contribution in [0.5, 0.6) is 11.5 Å². The van der Waals surface area contributed by atoms with Crippen molar-refractivity contribution in [3.05, 3.63) is 18.2 Å². The Labute approximate surface area is 186 Å². The average molecular weight is 432 g/mol. The van der Waals surface area contributed by atoms with E-state index in [9.17, 15) is 9.59 Å². The van der Waals surface area contributed by atoms with Gasteiger partial charge in [-0.25, -0.2) is 0 Å². The molecule has 2 aliphatic heterocycles. The maximum Gasteiger partial charge on any atom is 0.236 e. The third kappa shape index (κ3) is 7.42. The fraction of sp³-hybridized carbons (Fsp3) is 0.667. The molecule has 172 valence electrons. The fourth-order valence-corrected chi connectivity index (χ4v) is 4.55. The van der Waals surface area contributed by atoms with Gasteiger partial charge in [-0.2, -0.15) is 0 Å². The topological polar surface area (TPSA) is 71.1 Å². The molecule has 0 aromatic heterocycles. The maximum absolute atomic E-state index is 12.8. The van der Waals surface area contributed by atoms with E-state index < -0.39 is 0 Å². The number of ether oxygens (including phenoxy) is 2. The minimum absolute atomic E-state index is 0.0247. The van der Waals surface area contributed by atoms with Crippen molar-refractivity contribution in [2.45, 2.75) is 51.4 Å². The summed E-state index contributed by atoms with van der Waals surface area (Å²) in [4.78, 5) is 29.6. The summed E-state index contributed by atoms with van der Waals surface area (Å²) in [6, 6.07) is 5.34. The van der Waals surface area contributed by atoms with E-state index in [1.165, 1.54) is 25.7 Å². The Morgan fingerprint density at radius 1 is 0.968 bits per heavy atom. The van der Waals surface area contributed by atoms with Crippen LogP contribution in [0.25, 0.3) is 0 Å². The number of carbonyl (C=O) groups is 2. The molecule has 0 unspecified atom stereocenters. The van der Waals surface area contributed by atoms with Crippen molar-refractivity contribution in [1.82, 2.24) is 9.80 Å². The number of nitrogens with one attached hydrogen (secondary N) is 1. The first-order valence-corrected chi connectivity index (χ1v) is 11.6. The lowest BCUT2D eigenvalue weighted by Crippen LogP contribution is -2.45. The Bertz CT molecular complexity index is 709. The van der Waals surface area contributed by atoms with Crippen LogP contribution in [0, 0.1) is 5.92 Å². The zero-order chi connectivity index (χ0) is 22.1. The summed E-state index contributed by atoms with van der Waals surface area (Å²) in [6.45, 7) is 4.24. The van der Waals surface area contributed by atoms with Gasteiger partial charge in [0.1, 0.15) is 11.5 Å². The molecule has 0 saturated carbocycles. The largest absolute Gasteiger partial charge is 0.497 e. The number of carbonyl (C=O) groups excluding carboxylic acids is 2. The summed E-state index contributed by atoms with van der Waals surface area (Å²) < 4.78 is 10.5. The Balaban J connectivity index is 1.44. The van der Waals surface area contributed by atoms with Gasteiger partial charge in [-0.3, -0.25) is 14.5 Å². The van der Waals surface area contributed by atoms with Crippen LogP contribution in [-0.2, 0) is 9.59 Å². The smallest absolute Gasteiger partial charge is 0.236 e. The highest BCUT2D eigenvalue weighted by molar-refractivity contribution is 5.91. The van der Waals surface area contributed by atoms with Gasteiger partial charge in [0.05, 0.1) is 20.8 Å². The van der Waals surface area contributed by atoms with Crippen molar-refractivity contribution in [3.63, 3.8) is 0 Å². The molecular weight excluding hydrogens is 394 g/mol. The van der Waals surface area contributed by atoms with Crippen LogP contribution in [0.3, 0.4) is 0 Å². The summed E-state index contributed by atoms with van der Waals surface area (Å²) in [6.07, 6.45) is 8.29. The Morgan fingerprint density at radius 3 is 2.29 bits per heavy atom. The fourth-order valence-electron chi connectivity index (χ4n) is 4.55. The van der Waals surface area contributed by atoms with Crippen molar-refractivity contribution < 1.29 is 19.1 Å². The normalized spacial score (nSPS) is 20.1. The van der Waals surface area contributed by atoms with Gasteiger partial charge in [-0.05, 0) is 51.1 Å². The first-order chi connectivity index (χ1) is 15.1. The van der Waals surface area contributed by atoms with Crippen molar-refractivity contribution >= 4 is 17.5 Å². The van der Waals surface area contributed by atoms with E-state index in [0.29, 0.717) is 36.1 Å². The molecule has 2 heterocycles. The van der Waals surface area contributed by atoms with Crippen LogP contribution in [0.4, 0.5) is 5.69 Å². The van der Waals surface area contributed by atoms with Crippen LogP contribution in [0.15, 0.2) is 18.2 Å². The van der Waals surface area contributed by atoms with E-state index in [1.807, 2.05) is 4.90 Å². The molecule has 2 aliphatic rings. The highest BCUT2D eigenvalue weighted by atomic mass is 16.5. The van der Waals surface area contributed by atoms with Gasteiger partial charge >= 0.3 is 0 Å². The quantitative estimate of drug-likeness (QED) is 0.682. The molecule has 0 bridgehead atoms. The molecule has 2 amide bonds. The molecule has 1 N–H and O–H groups in total. The molecule has 1 atom stereocenters. The van der Waals surface area contributed by atoms with Crippen LogP contribution < -0.4 is 14.8 Å². The molecule has 3 rings (SSSR count). The second kappa shape index (κ2) is 11.9. The number of methoxy groups -OCH3 is 2. The number of piperidine rings is 1. The minimum atomic E-state index is -0.0247. The molecule has 2 fully saturated rings. The SMILES string of the molecule is COc1cc(NC(=O)CC[C@@H]2CCCN(C(=O)CN3CCCCCC3)C2)cc(OC)c1. The van der Waals surface area contributed by atoms with E-state index in [0.717, 1.165) is 45.4 Å². The van der Waals surface area contributed by atoms with Crippen LogP contribution >= 0.6 is 0 Å². The van der Waals surface area contributed by atoms with Crippen molar-refractivity contribution in [1.29, 1.82) is 0 Å². The first kappa shape index (κ1) is 23.4. The van der Waals surface area contributed by atoms with Crippen molar-refractivity contribution in [3.8, 4) is 11.5 Å². The van der Waals surface area contributed by atoms with Gasteiger partial charge in [0.25, 0.3) is 0 Å². The lowest BCUT2D eigenvalue weighted by Gasteiger charge is -2.34. The monoisotopic (exact) mass is 431 g/mol. The first-order valence-electron chi connectivity index (χ1n) is 11.6. The molecule has 7 nitrogen and oxygen atoms in total. The highest BCUT2D eigenvalue weighted by Gasteiger charge is 2.25. The molecule has 0 aliphatic carbocycles. The van der Waals surface area contributed by atoms with E-state index >= 15 is 0 Å². The summed E-state index contributed by atoms with van der Waals surface area (Å²) in [5.41, 5.74) is 0.666. The number of rotatable bonds is 8. The molecule has 1 aromatic rings. The van der Waals surface area contributed by atoms with E-state index in [-0.39, 0.29) is 11.8 Å². The van der Waals surface area contributed by atoms with E-state index in [1.54, 1.807) is 32.4 Å². The van der Waals surface area contributed by atoms with Crippen molar-refractivity contribution in [2.24, 2.45) is 5.92 Å². The van der Waals surface area contributed by atoms with E-state index in [2.05, 4.69) is 10.2 Å². The molecule has 2 saturated heterocycles. The average Bonchev–Trinajstić information content (AvgIpc) is 3.06. The molecular formula is C24H37N3O4. The van der Waals surface area contributed by atoms with Gasteiger partial charge < -0.3 is 19.7 Å². The molecule has 31 heavy (non-hydrogen) atoms. The third-order valence-corrected chi connectivity index (χ3v) is 6.34. The molecule has 0 spiro atoms. The van der Waals surface area contributed by atoms with E-state index in [4.69, 9.17) is 9.47 Å². The molecule has 7 heteroatoms. The summed E-state index contributed by atoms with van der Waals surface area (Å²) >= 11 is 0. The Morgan fingerprint density at radius 2 is 1.65 bits per heavy atom. The summed E-state index contributed by atoms with van der Waals surface area (Å²) in [5.74, 6) is 1.89. The van der Waals surface area contributed by atoms with Gasteiger partial charge in [0.15, 0.2) is 0 Å². The number of anilines is 1. The predicted molar refractivity (Wildman–Crippen MR) is 122 cm³/mol. The Kier molecular flexibility index (Phi) is 9.00. The van der Waals surface area contributed by atoms with Gasteiger partial charge in [-0.15, -0.1) is 0 Å². The maximum atomic E-state index is 12.8. The number of hydrogen-bond donors (Lipinski definition) is 1. The lowest BCUT2D eigenvalue weighted by molar-refractivity contribution is -0.134. The third-order valence-electron chi connectivity index (χ3n) is 6.34. The standard InChI is InChI=1S/C24H37N3O4/c1-30-21-14-20(15-22(16-21)31-2)25-23(28)10-9-19-8-7-13-27(17-19)24(29)18-26-11-5-3-4-6-12-26/h14-16,19H,3-13,17-18H2,1-2H3,(H,25,28)/t19-/m0/s1. The molecule has 1 aromatic carbocycles. The molecule has 0 radical (unpaired) electrons.